The lowest BCUT2D eigenvalue weighted by Crippen LogP contribution is -2.02. The fourth-order valence-corrected chi connectivity index (χ4v) is 1.87. The fourth-order valence-electron chi connectivity index (χ4n) is 1.87. The molecule has 0 saturated carbocycles. The Labute approximate surface area is 112 Å². The number of ether oxygens (including phenoxy) is 1. The van der Waals surface area contributed by atoms with E-state index in [1.807, 2.05) is 30.3 Å². The number of hydrogen-bond acceptors (Lipinski definition) is 2. The molecule has 0 aliphatic heterocycles. The van der Waals surface area contributed by atoms with Crippen LogP contribution in [-0.4, -0.2) is 11.7 Å². The minimum atomic E-state index is -0.807. The van der Waals surface area contributed by atoms with Crippen LogP contribution in [0.4, 0.5) is 4.39 Å². The van der Waals surface area contributed by atoms with Crippen molar-refractivity contribution in [3.05, 3.63) is 65.5 Å². The van der Waals surface area contributed by atoms with Gasteiger partial charge in [0, 0.05) is 18.1 Å². The first kappa shape index (κ1) is 13.6. The highest BCUT2D eigenvalue weighted by molar-refractivity contribution is 5.30. The Bertz CT molecular complexity index is 524. The molecule has 0 aromatic heterocycles. The van der Waals surface area contributed by atoms with Crippen LogP contribution in [0.15, 0.2) is 48.5 Å². The predicted octanol–water partition coefficient (Wildman–Crippen LogP) is 3.50. The topological polar surface area (TPSA) is 29.5 Å². The Kier molecular flexibility index (Phi) is 4.53. The van der Waals surface area contributed by atoms with Crippen LogP contribution in [0.5, 0.6) is 5.75 Å². The van der Waals surface area contributed by atoms with Crippen LogP contribution in [0, 0.1) is 5.82 Å². The van der Waals surface area contributed by atoms with Crippen LogP contribution in [0.25, 0.3) is 0 Å². The Morgan fingerprint density at radius 3 is 2.53 bits per heavy atom. The highest BCUT2D eigenvalue weighted by Gasteiger charge is 2.08. The molecule has 0 bridgehead atoms. The maximum Gasteiger partial charge on any atom is 0.132 e. The van der Waals surface area contributed by atoms with E-state index in [1.54, 1.807) is 12.1 Å². The van der Waals surface area contributed by atoms with Gasteiger partial charge in [0.2, 0.25) is 0 Å². The van der Waals surface area contributed by atoms with Gasteiger partial charge in [0.05, 0.1) is 12.7 Å². The molecule has 1 atom stereocenters. The second kappa shape index (κ2) is 6.34. The molecule has 0 heterocycles. The van der Waals surface area contributed by atoms with E-state index in [2.05, 4.69) is 0 Å². The van der Waals surface area contributed by atoms with Gasteiger partial charge in [-0.05, 0) is 24.6 Å². The average Bonchev–Trinajstić information content (AvgIpc) is 2.39. The summed E-state index contributed by atoms with van der Waals surface area (Å²) < 4.78 is 19.1. The van der Waals surface area contributed by atoms with E-state index in [0.717, 1.165) is 6.42 Å². The Hall–Kier alpha value is -1.87. The van der Waals surface area contributed by atoms with Gasteiger partial charge in [-0.1, -0.05) is 30.3 Å². The van der Waals surface area contributed by atoms with Crippen LogP contribution in [0.1, 0.15) is 24.2 Å². The Balaban J connectivity index is 1.92. The van der Waals surface area contributed by atoms with Crippen molar-refractivity contribution >= 4 is 0 Å². The largest absolute Gasteiger partial charge is 0.493 e. The number of benzene rings is 2. The van der Waals surface area contributed by atoms with E-state index < -0.39 is 11.9 Å². The standard InChI is InChI=1S/C16H17FO2/c1-12(18)15-8-7-14(11-16(15)17)19-10-9-13-5-3-2-4-6-13/h2-8,11-12,18H,9-10H2,1H3. The van der Waals surface area contributed by atoms with Crippen LogP contribution in [0.3, 0.4) is 0 Å². The molecule has 2 nitrogen and oxygen atoms in total. The van der Waals surface area contributed by atoms with E-state index in [0.29, 0.717) is 12.4 Å². The van der Waals surface area contributed by atoms with E-state index in [4.69, 9.17) is 4.74 Å². The van der Waals surface area contributed by atoms with E-state index in [1.165, 1.54) is 18.6 Å². The Morgan fingerprint density at radius 1 is 1.16 bits per heavy atom. The summed E-state index contributed by atoms with van der Waals surface area (Å²) in [5, 5.41) is 9.34. The lowest BCUT2D eigenvalue weighted by Gasteiger charge is -2.10. The summed E-state index contributed by atoms with van der Waals surface area (Å²) >= 11 is 0. The van der Waals surface area contributed by atoms with Crippen LogP contribution in [-0.2, 0) is 6.42 Å². The average molecular weight is 260 g/mol. The molecule has 0 spiro atoms. The van der Waals surface area contributed by atoms with Crippen molar-refractivity contribution in [1.82, 2.24) is 0 Å². The number of rotatable bonds is 5. The maximum absolute atomic E-state index is 13.6. The fraction of sp³-hybridized carbons (Fsp3) is 0.250. The Morgan fingerprint density at radius 2 is 1.89 bits per heavy atom. The lowest BCUT2D eigenvalue weighted by atomic mass is 10.1. The summed E-state index contributed by atoms with van der Waals surface area (Å²) in [6.07, 6.45) is -0.0287. The number of halogens is 1. The third-order valence-corrected chi connectivity index (χ3v) is 2.92. The first-order valence-corrected chi connectivity index (χ1v) is 6.31. The quantitative estimate of drug-likeness (QED) is 0.891. The highest BCUT2D eigenvalue weighted by Crippen LogP contribution is 2.21. The van der Waals surface area contributed by atoms with Gasteiger partial charge >= 0.3 is 0 Å². The van der Waals surface area contributed by atoms with E-state index in [-0.39, 0.29) is 5.56 Å². The first-order chi connectivity index (χ1) is 9.16. The zero-order valence-corrected chi connectivity index (χ0v) is 10.8. The summed E-state index contributed by atoms with van der Waals surface area (Å²) in [6.45, 7) is 2.03. The molecule has 0 saturated heterocycles. The summed E-state index contributed by atoms with van der Waals surface area (Å²) in [5.74, 6) is 0.0463. The molecule has 3 heteroatoms. The van der Waals surface area contributed by atoms with Gasteiger partial charge in [0.25, 0.3) is 0 Å². The van der Waals surface area contributed by atoms with Gasteiger partial charge in [-0.3, -0.25) is 0 Å². The van der Waals surface area contributed by atoms with Crippen LogP contribution in [0.2, 0.25) is 0 Å². The predicted molar refractivity (Wildman–Crippen MR) is 72.7 cm³/mol. The molecule has 19 heavy (non-hydrogen) atoms. The van der Waals surface area contributed by atoms with Gasteiger partial charge < -0.3 is 9.84 Å². The van der Waals surface area contributed by atoms with E-state index >= 15 is 0 Å². The first-order valence-electron chi connectivity index (χ1n) is 6.31. The zero-order chi connectivity index (χ0) is 13.7. The van der Waals surface area contributed by atoms with Gasteiger partial charge in [-0.15, -0.1) is 0 Å². The minimum Gasteiger partial charge on any atom is -0.493 e. The molecule has 1 unspecified atom stereocenters. The lowest BCUT2D eigenvalue weighted by molar-refractivity contribution is 0.194. The van der Waals surface area contributed by atoms with Crippen molar-refractivity contribution in [1.29, 1.82) is 0 Å². The van der Waals surface area contributed by atoms with Gasteiger partial charge in [-0.2, -0.15) is 0 Å². The molecule has 0 aliphatic carbocycles. The number of hydrogen-bond donors (Lipinski definition) is 1. The normalized spacial score (nSPS) is 12.2. The summed E-state index contributed by atoms with van der Waals surface area (Å²) in [6, 6.07) is 14.5. The number of aliphatic hydroxyl groups is 1. The molecule has 2 aromatic rings. The SMILES string of the molecule is CC(O)c1ccc(OCCc2ccccc2)cc1F. The van der Waals surface area contributed by atoms with Crippen molar-refractivity contribution in [2.45, 2.75) is 19.4 Å². The van der Waals surface area contributed by atoms with Gasteiger partial charge in [0.1, 0.15) is 11.6 Å². The molecular weight excluding hydrogens is 243 g/mol. The second-order valence-corrected chi connectivity index (χ2v) is 4.44. The summed E-state index contributed by atoms with van der Waals surface area (Å²) in [4.78, 5) is 0. The summed E-state index contributed by atoms with van der Waals surface area (Å²) in [5.41, 5.74) is 1.47. The molecule has 0 radical (unpaired) electrons. The second-order valence-electron chi connectivity index (χ2n) is 4.44. The molecular formula is C16H17FO2. The monoisotopic (exact) mass is 260 g/mol. The molecule has 2 rings (SSSR count). The van der Waals surface area contributed by atoms with Crippen LogP contribution < -0.4 is 4.74 Å². The molecule has 0 amide bonds. The minimum absolute atomic E-state index is 0.287. The van der Waals surface area contributed by atoms with Crippen molar-refractivity contribution in [3.8, 4) is 5.75 Å². The van der Waals surface area contributed by atoms with Crippen molar-refractivity contribution in [2.24, 2.45) is 0 Å². The zero-order valence-electron chi connectivity index (χ0n) is 10.8. The molecule has 0 fully saturated rings. The van der Waals surface area contributed by atoms with Gasteiger partial charge in [0.15, 0.2) is 0 Å². The third-order valence-electron chi connectivity index (χ3n) is 2.92. The highest BCUT2D eigenvalue weighted by atomic mass is 19.1. The molecule has 0 aliphatic rings. The molecule has 100 valence electrons. The van der Waals surface area contributed by atoms with Crippen molar-refractivity contribution in [3.63, 3.8) is 0 Å². The molecule has 2 aromatic carbocycles. The third kappa shape index (κ3) is 3.80. The molecule has 1 N–H and O–H groups in total. The van der Waals surface area contributed by atoms with Gasteiger partial charge in [-0.25, -0.2) is 4.39 Å². The van der Waals surface area contributed by atoms with Crippen molar-refractivity contribution in [2.75, 3.05) is 6.61 Å². The summed E-state index contributed by atoms with van der Waals surface area (Å²) in [7, 11) is 0. The van der Waals surface area contributed by atoms with E-state index in [9.17, 15) is 9.50 Å². The van der Waals surface area contributed by atoms with Crippen LogP contribution >= 0.6 is 0 Å². The maximum atomic E-state index is 13.6. The number of aliphatic hydroxyl groups excluding tert-OH is 1. The smallest absolute Gasteiger partial charge is 0.132 e. The van der Waals surface area contributed by atoms with Crippen molar-refractivity contribution < 1.29 is 14.2 Å².